The number of amides is 1. The lowest BCUT2D eigenvalue weighted by molar-refractivity contribution is -0.140. The summed E-state index contributed by atoms with van der Waals surface area (Å²) in [6, 6.07) is 14.4. The third kappa shape index (κ3) is 3.92. The fourth-order valence-electron chi connectivity index (χ4n) is 3.26. The van der Waals surface area contributed by atoms with Crippen LogP contribution in [0.4, 0.5) is 0 Å². The predicted octanol–water partition coefficient (Wildman–Crippen LogP) is 3.63. The molecule has 1 unspecified atom stereocenters. The Morgan fingerprint density at radius 1 is 1.00 bits per heavy atom. The molecule has 1 fully saturated rings. The molecular formula is C21H18ClNO5. The van der Waals surface area contributed by atoms with Crippen molar-refractivity contribution in [3.8, 4) is 0 Å². The average molecular weight is 400 g/mol. The number of halogens is 1. The van der Waals surface area contributed by atoms with E-state index >= 15 is 0 Å². The van der Waals surface area contributed by atoms with E-state index in [0.29, 0.717) is 16.1 Å². The van der Waals surface area contributed by atoms with Gasteiger partial charge in [0.1, 0.15) is 5.76 Å². The van der Waals surface area contributed by atoms with Crippen molar-refractivity contribution < 1.29 is 24.6 Å². The summed E-state index contributed by atoms with van der Waals surface area (Å²) >= 11 is 5.88. The van der Waals surface area contributed by atoms with E-state index in [9.17, 15) is 19.5 Å². The standard InChI is InChI=1S/C21H18ClNO5/c22-15-10-8-14(9-11-15)19(26)17-18(13-5-2-1-3-6-13)23(21(28)20(17)27)12-4-7-16(24)25/h1-3,5-6,8-11,18,26H,4,7,12H2,(H,24,25). The van der Waals surface area contributed by atoms with Crippen LogP contribution in [0.5, 0.6) is 0 Å². The van der Waals surface area contributed by atoms with E-state index < -0.39 is 23.7 Å². The third-order valence-corrected chi connectivity index (χ3v) is 4.81. The molecule has 0 bridgehead atoms. The zero-order valence-corrected chi connectivity index (χ0v) is 15.6. The third-order valence-electron chi connectivity index (χ3n) is 4.56. The summed E-state index contributed by atoms with van der Waals surface area (Å²) in [4.78, 5) is 37.5. The molecule has 6 nitrogen and oxygen atoms in total. The molecule has 1 aliphatic rings. The molecule has 3 rings (SSSR count). The van der Waals surface area contributed by atoms with Crippen LogP contribution in [-0.4, -0.2) is 39.3 Å². The van der Waals surface area contributed by atoms with Gasteiger partial charge in [-0.05, 0) is 36.2 Å². The van der Waals surface area contributed by atoms with Gasteiger partial charge in [-0.25, -0.2) is 0 Å². The molecule has 1 saturated heterocycles. The van der Waals surface area contributed by atoms with Gasteiger partial charge >= 0.3 is 5.97 Å². The van der Waals surface area contributed by atoms with Gasteiger partial charge in [0.2, 0.25) is 0 Å². The van der Waals surface area contributed by atoms with Crippen molar-refractivity contribution in [1.29, 1.82) is 0 Å². The summed E-state index contributed by atoms with van der Waals surface area (Å²) in [6.07, 6.45) is 0.0777. The molecule has 7 heteroatoms. The molecule has 0 spiro atoms. The first kappa shape index (κ1) is 19.6. The molecule has 144 valence electrons. The number of carbonyl (C=O) groups excluding carboxylic acids is 2. The lowest BCUT2D eigenvalue weighted by Crippen LogP contribution is -2.31. The molecule has 1 amide bonds. The van der Waals surface area contributed by atoms with Crippen molar-refractivity contribution >= 4 is 35.0 Å². The summed E-state index contributed by atoms with van der Waals surface area (Å²) < 4.78 is 0. The lowest BCUT2D eigenvalue weighted by atomic mass is 9.95. The fraction of sp³-hybridized carbons (Fsp3) is 0.190. The SMILES string of the molecule is O=C(O)CCCN1C(=O)C(=O)C(=C(O)c2ccc(Cl)cc2)C1c1ccccc1. The lowest BCUT2D eigenvalue weighted by Gasteiger charge is -2.25. The molecule has 0 radical (unpaired) electrons. The molecular weight excluding hydrogens is 382 g/mol. The number of carboxylic acids is 1. The van der Waals surface area contributed by atoms with Gasteiger partial charge in [-0.15, -0.1) is 0 Å². The predicted molar refractivity (Wildman–Crippen MR) is 104 cm³/mol. The number of carbonyl (C=O) groups is 3. The number of aliphatic hydroxyl groups excluding tert-OH is 1. The molecule has 1 aliphatic heterocycles. The number of benzene rings is 2. The number of hydrogen-bond donors (Lipinski definition) is 2. The van der Waals surface area contributed by atoms with Crippen LogP contribution in [0.1, 0.15) is 30.0 Å². The fourth-order valence-corrected chi connectivity index (χ4v) is 3.38. The summed E-state index contributed by atoms with van der Waals surface area (Å²) in [5, 5.41) is 20.2. The van der Waals surface area contributed by atoms with Crippen LogP contribution >= 0.6 is 11.6 Å². The molecule has 1 heterocycles. The van der Waals surface area contributed by atoms with E-state index in [1.807, 2.05) is 0 Å². The second kappa shape index (κ2) is 8.27. The second-order valence-electron chi connectivity index (χ2n) is 6.41. The van der Waals surface area contributed by atoms with Crippen molar-refractivity contribution in [3.63, 3.8) is 0 Å². The number of nitrogens with zero attached hydrogens (tertiary/aromatic N) is 1. The molecule has 0 saturated carbocycles. The van der Waals surface area contributed by atoms with Gasteiger partial charge in [-0.2, -0.15) is 0 Å². The number of likely N-dealkylation sites (tertiary alicyclic amines) is 1. The van der Waals surface area contributed by atoms with Crippen molar-refractivity contribution in [2.75, 3.05) is 6.54 Å². The normalized spacial score (nSPS) is 18.5. The minimum absolute atomic E-state index is 0.0196. The zero-order chi connectivity index (χ0) is 20.3. The Labute approximate surface area is 166 Å². The maximum atomic E-state index is 12.7. The van der Waals surface area contributed by atoms with Gasteiger partial charge in [0.25, 0.3) is 11.7 Å². The molecule has 28 heavy (non-hydrogen) atoms. The first-order chi connectivity index (χ1) is 13.4. The Morgan fingerprint density at radius 3 is 2.25 bits per heavy atom. The van der Waals surface area contributed by atoms with Gasteiger partial charge in [0, 0.05) is 23.6 Å². The summed E-state index contributed by atoms with van der Waals surface area (Å²) in [6.45, 7) is 0.0911. The molecule has 2 N–H and O–H groups in total. The topological polar surface area (TPSA) is 94.9 Å². The Morgan fingerprint density at radius 2 is 1.64 bits per heavy atom. The quantitative estimate of drug-likeness (QED) is 0.439. The van der Waals surface area contributed by atoms with Crippen molar-refractivity contribution in [1.82, 2.24) is 4.90 Å². The zero-order valence-electron chi connectivity index (χ0n) is 14.8. The molecule has 2 aromatic rings. The van der Waals surface area contributed by atoms with E-state index in [-0.39, 0.29) is 30.7 Å². The molecule has 1 atom stereocenters. The van der Waals surface area contributed by atoms with E-state index in [2.05, 4.69) is 0 Å². The number of aliphatic hydroxyl groups is 1. The highest BCUT2D eigenvalue weighted by molar-refractivity contribution is 6.46. The number of carboxylic acid groups (broad SMARTS) is 1. The van der Waals surface area contributed by atoms with Gasteiger partial charge < -0.3 is 15.1 Å². The van der Waals surface area contributed by atoms with Gasteiger partial charge in [-0.1, -0.05) is 41.9 Å². The number of hydrogen-bond acceptors (Lipinski definition) is 4. The first-order valence-electron chi connectivity index (χ1n) is 8.71. The van der Waals surface area contributed by atoms with E-state index in [4.69, 9.17) is 16.7 Å². The number of aliphatic carboxylic acids is 1. The van der Waals surface area contributed by atoms with E-state index in [1.54, 1.807) is 54.6 Å². The number of rotatable bonds is 6. The van der Waals surface area contributed by atoms with Crippen molar-refractivity contribution in [3.05, 3.63) is 76.3 Å². The molecule has 0 aromatic heterocycles. The second-order valence-corrected chi connectivity index (χ2v) is 6.84. The number of Topliss-reactive ketones (excluding diaryl/α,β-unsaturated/α-hetero) is 1. The van der Waals surface area contributed by atoms with Gasteiger partial charge in [0.15, 0.2) is 0 Å². The van der Waals surface area contributed by atoms with Crippen LogP contribution in [-0.2, 0) is 14.4 Å². The Bertz CT molecular complexity index is 937. The highest BCUT2D eigenvalue weighted by atomic mass is 35.5. The van der Waals surface area contributed by atoms with Gasteiger partial charge in [-0.3, -0.25) is 14.4 Å². The maximum Gasteiger partial charge on any atom is 0.303 e. The van der Waals surface area contributed by atoms with Crippen LogP contribution in [0.3, 0.4) is 0 Å². The highest BCUT2D eigenvalue weighted by Crippen LogP contribution is 2.39. The van der Waals surface area contributed by atoms with Crippen LogP contribution in [0.25, 0.3) is 5.76 Å². The number of ketones is 1. The summed E-state index contributed by atoms with van der Waals surface area (Å²) in [5.74, 6) is -2.81. The molecule has 0 aliphatic carbocycles. The monoisotopic (exact) mass is 399 g/mol. The van der Waals surface area contributed by atoms with Crippen LogP contribution in [0, 0.1) is 0 Å². The van der Waals surface area contributed by atoms with Crippen LogP contribution in [0.2, 0.25) is 5.02 Å². The van der Waals surface area contributed by atoms with Crippen molar-refractivity contribution in [2.24, 2.45) is 0 Å². The van der Waals surface area contributed by atoms with Crippen molar-refractivity contribution in [2.45, 2.75) is 18.9 Å². The largest absolute Gasteiger partial charge is 0.507 e. The summed E-state index contributed by atoms with van der Waals surface area (Å²) in [5.41, 5.74) is 1.01. The summed E-state index contributed by atoms with van der Waals surface area (Å²) in [7, 11) is 0. The van der Waals surface area contributed by atoms with Gasteiger partial charge in [0.05, 0.1) is 11.6 Å². The minimum Gasteiger partial charge on any atom is -0.507 e. The first-order valence-corrected chi connectivity index (χ1v) is 9.09. The van der Waals surface area contributed by atoms with E-state index in [1.165, 1.54) is 4.90 Å². The van der Waals surface area contributed by atoms with E-state index in [0.717, 1.165) is 0 Å². The Kier molecular flexibility index (Phi) is 5.80. The van der Waals surface area contributed by atoms with Crippen LogP contribution in [0.15, 0.2) is 60.2 Å². The maximum absolute atomic E-state index is 12.7. The Balaban J connectivity index is 2.07. The smallest absolute Gasteiger partial charge is 0.303 e. The highest BCUT2D eigenvalue weighted by Gasteiger charge is 2.45. The molecule has 2 aromatic carbocycles. The Hall–Kier alpha value is -3.12. The van der Waals surface area contributed by atoms with Crippen LogP contribution < -0.4 is 0 Å². The minimum atomic E-state index is -0.978. The average Bonchev–Trinajstić information content (AvgIpc) is 2.93.